The largest absolute Gasteiger partial charge is 0.481 e. The Labute approximate surface area is 353 Å². The summed E-state index contributed by atoms with van der Waals surface area (Å²) in [5, 5.41) is 77.4. The molecule has 4 fully saturated rings. The number of aliphatic hydroxyl groups is 5. The third-order valence-electron chi connectivity index (χ3n) is 16.6. The molecule has 4 aliphatic carbocycles. The highest BCUT2D eigenvalue weighted by Crippen LogP contribution is 2.73. The minimum absolute atomic E-state index is 0.0254. The molecule has 2 aliphatic heterocycles. The van der Waals surface area contributed by atoms with E-state index in [0.29, 0.717) is 43.9 Å². The third kappa shape index (κ3) is 7.69. The van der Waals surface area contributed by atoms with Gasteiger partial charge < -0.3 is 60.0 Å². The molecule has 2 heterocycles. The number of allylic oxidation sites excluding steroid dienone is 2. The Morgan fingerprint density at radius 1 is 0.850 bits per heavy atom. The second-order valence-electron chi connectivity index (χ2n) is 20.3. The molecule has 6 aliphatic rings. The molecule has 0 bridgehead atoms. The van der Waals surface area contributed by atoms with Gasteiger partial charge in [0.25, 0.3) is 0 Å². The molecule has 2 saturated heterocycles. The van der Waals surface area contributed by atoms with Crippen LogP contribution in [0.1, 0.15) is 120 Å². The fourth-order valence-electron chi connectivity index (χ4n) is 13.1. The van der Waals surface area contributed by atoms with Crippen LogP contribution in [0.3, 0.4) is 0 Å². The molecule has 15 heteroatoms. The van der Waals surface area contributed by atoms with Gasteiger partial charge >= 0.3 is 11.9 Å². The minimum atomic E-state index is -1.97. The average Bonchev–Trinajstić information content (AvgIpc) is 3.50. The minimum Gasteiger partial charge on any atom is -0.481 e. The molecule has 0 aromatic heterocycles. The van der Waals surface area contributed by atoms with Crippen LogP contribution in [0.4, 0.5) is 0 Å². The van der Waals surface area contributed by atoms with Crippen LogP contribution in [-0.2, 0) is 33.3 Å². The molecule has 0 radical (unpaired) electrons. The zero-order valence-corrected chi connectivity index (χ0v) is 36.6. The number of ether oxygens (including phenoxy) is 4. The van der Waals surface area contributed by atoms with Gasteiger partial charge in [-0.1, -0.05) is 71.8 Å². The molecular formula is C45H71NO14. The van der Waals surface area contributed by atoms with Crippen molar-refractivity contribution in [3.8, 4) is 0 Å². The molecule has 0 aromatic rings. The van der Waals surface area contributed by atoms with Gasteiger partial charge in [-0.05, 0) is 104 Å². The number of hydrogen-bond acceptors (Lipinski definition) is 12. The van der Waals surface area contributed by atoms with Gasteiger partial charge in [-0.3, -0.25) is 9.59 Å². The van der Waals surface area contributed by atoms with Gasteiger partial charge in [0, 0.05) is 6.92 Å². The van der Waals surface area contributed by atoms with E-state index in [9.17, 15) is 50.1 Å². The summed E-state index contributed by atoms with van der Waals surface area (Å²) in [6.45, 7) is 20.0. The Kier molecular flexibility index (Phi) is 13.5. The highest BCUT2D eigenvalue weighted by Gasteiger charge is 2.68. The predicted octanol–water partition coefficient (Wildman–Crippen LogP) is 3.67. The number of hydrogen-bond donors (Lipinski definition) is 8. The number of nitrogens with one attached hydrogen (secondary N) is 1. The van der Waals surface area contributed by atoms with Crippen molar-refractivity contribution < 1.29 is 69.1 Å². The van der Waals surface area contributed by atoms with Crippen LogP contribution >= 0.6 is 0 Å². The summed E-state index contributed by atoms with van der Waals surface area (Å²) >= 11 is 0. The highest BCUT2D eigenvalue weighted by atomic mass is 16.8. The molecule has 0 aromatic carbocycles. The van der Waals surface area contributed by atoms with Gasteiger partial charge in [0.15, 0.2) is 18.7 Å². The normalized spacial score (nSPS) is 44.3. The van der Waals surface area contributed by atoms with Crippen molar-refractivity contribution in [3.05, 3.63) is 23.3 Å². The first-order chi connectivity index (χ1) is 28.0. The summed E-state index contributed by atoms with van der Waals surface area (Å²) in [4.78, 5) is 38.2. The van der Waals surface area contributed by atoms with Crippen molar-refractivity contribution in [3.63, 3.8) is 0 Å². The molecule has 1 amide bonds. The van der Waals surface area contributed by atoms with Crippen LogP contribution < -0.4 is 5.32 Å². The number of aliphatic hydroxyl groups excluding tert-OH is 5. The lowest BCUT2D eigenvalue weighted by Crippen LogP contribution is -2.68. The summed E-state index contributed by atoms with van der Waals surface area (Å²) in [6, 6.07) is -1.39. The molecule has 340 valence electrons. The maximum absolute atomic E-state index is 13.8. The van der Waals surface area contributed by atoms with Gasteiger partial charge in [-0.25, -0.2) is 4.79 Å². The quantitative estimate of drug-likeness (QED) is 0.123. The van der Waals surface area contributed by atoms with Crippen LogP contribution in [-0.4, -0.2) is 128 Å². The van der Waals surface area contributed by atoms with E-state index in [1.54, 1.807) is 0 Å². The van der Waals surface area contributed by atoms with Gasteiger partial charge in [-0.15, -0.1) is 0 Å². The predicted molar refractivity (Wildman–Crippen MR) is 217 cm³/mol. The average molecular weight is 850 g/mol. The Balaban J connectivity index is 1.28. The smallest absolute Gasteiger partial charge is 0.335 e. The first-order valence-corrected chi connectivity index (χ1v) is 22.1. The van der Waals surface area contributed by atoms with Crippen molar-refractivity contribution in [2.24, 2.45) is 45.3 Å². The zero-order valence-electron chi connectivity index (χ0n) is 36.6. The van der Waals surface area contributed by atoms with E-state index in [2.05, 4.69) is 60.4 Å². The monoisotopic (exact) mass is 849 g/mol. The number of carbonyl (C=O) groups excluding carboxylic acids is 1. The number of amides is 1. The number of carboxylic acids is 2. The molecule has 2 saturated carbocycles. The molecule has 60 heavy (non-hydrogen) atoms. The van der Waals surface area contributed by atoms with Gasteiger partial charge in [0.2, 0.25) is 5.91 Å². The van der Waals surface area contributed by atoms with Gasteiger partial charge in [-0.2, -0.15) is 0 Å². The molecule has 17 atom stereocenters. The van der Waals surface area contributed by atoms with E-state index >= 15 is 0 Å². The SMILES string of the molecule is C=C(CCC(C)C1CCC2(C(=O)O)C3=C(CCC12C)C1(C)CCC(OC2OC(C(=O)O)C(O)C(O)C2OC2OC(CO)C(O)C(O)C2NC(C)=O)C(C)(C)C1CC3)C(C)C. The van der Waals surface area contributed by atoms with Crippen molar-refractivity contribution in [2.45, 2.75) is 187 Å². The molecule has 8 N–H and O–H groups in total. The summed E-state index contributed by atoms with van der Waals surface area (Å²) in [5.74, 6) is -1.80. The number of carbonyl (C=O) groups is 3. The standard InChI is InChI=1S/C45H71NO14/c1-21(2)22(3)10-11-23(4)25-15-19-45(41(55)56)27-12-13-29-42(6,7)30(16-17-43(29,8)26(27)14-18-44(25,45)9)58-40-37(35(52)34(51)36(59-40)38(53)54)60-39-31(46-24(5)48)33(50)32(49)28(20-47)57-39/h21,23,25,28-37,39-40,47,49-52H,3,10-20H2,1-2,4-9H3,(H,46,48)(H,53,54)(H,55,56). The Hall–Kier alpha value is -2.47. The first kappa shape index (κ1) is 47.0. The number of aliphatic carboxylic acids is 2. The van der Waals surface area contributed by atoms with E-state index in [4.69, 9.17) is 18.9 Å². The summed E-state index contributed by atoms with van der Waals surface area (Å²) < 4.78 is 24.4. The summed E-state index contributed by atoms with van der Waals surface area (Å²) in [5.41, 5.74) is 1.32. The molecule has 6 rings (SSSR count). The fourth-order valence-corrected chi connectivity index (χ4v) is 13.1. The van der Waals surface area contributed by atoms with Crippen molar-refractivity contribution in [2.75, 3.05) is 6.61 Å². The van der Waals surface area contributed by atoms with E-state index in [1.165, 1.54) is 18.1 Å². The summed E-state index contributed by atoms with van der Waals surface area (Å²) in [7, 11) is 0. The first-order valence-electron chi connectivity index (χ1n) is 22.1. The lowest BCUT2D eigenvalue weighted by atomic mass is 9.43. The third-order valence-corrected chi connectivity index (χ3v) is 16.6. The second kappa shape index (κ2) is 17.2. The lowest BCUT2D eigenvalue weighted by Gasteiger charge is -2.62. The Morgan fingerprint density at radius 3 is 2.13 bits per heavy atom. The maximum atomic E-state index is 13.8. The van der Waals surface area contributed by atoms with E-state index in [0.717, 1.165) is 37.7 Å². The van der Waals surface area contributed by atoms with Crippen molar-refractivity contribution >= 4 is 17.8 Å². The van der Waals surface area contributed by atoms with Crippen LogP contribution in [0.2, 0.25) is 0 Å². The van der Waals surface area contributed by atoms with Gasteiger partial charge in [0.05, 0.1) is 18.1 Å². The zero-order chi connectivity index (χ0) is 44.4. The van der Waals surface area contributed by atoms with Gasteiger partial charge in [0.1, 0.15) is 42.7 Å². The van der Waals surface area contributed by atoms with E-state index in [1.807, 2.05) is 0 Å². The fraction of sp³-hybridized carbons (Fsp3) is 0.844. The number of rotatable bonds is 13. The second-order valence-corrected chi connectivity index (χ2v) is 20.3. The Bertz CT molecular complexity index is 1680. The Morgan fingerprint density at radius 2 is 1.53 bits per heavy atom. The maximum Gasteiger partial charge on any atom is 0.335 e. The van der Waals surface area contributed by atoms with E-state index < -0.39 is 103 Å². The lowest BCUT2D eigenvalue weighted by molar-refractivity contribution is -0.363. The molecular weight excluding hydrogens is 778 g/mol. The summed E-state index contributed by atoms with van der Waals surface area (Å²) in [6.07, 6.45) is -8.28. The molecule has 15 nitrogen and oxygen atoms in total. The van der Waals surface area contributed by atoms with Crippen LogP contribution in [0.25, 0.3) is 0 Å². The number of carboxylic acid groups (broad SMARTS) is 2. The molecule has 17 unspecified atom stereocenters. The van der Waals surface area contributed by atoms with Crippen molar-refractivity contribution in [1.82, 2.24) is 5.32 Å². The van der Waals surface area contributed by atoms with Crippen LogP contribution in [0.5, 0.6) is 0 Å². The topological polar surface area (TPSA) is 242 Å². The highest BCUT2D eigenvalue weighted by molar-refractivity contribution is 5.82. The van der Waals surface area contributed by atoms with Crippen LogP contribution in [0, 0.1) is 45.3 Å². The van der Waals surface area contributed by atoms with E-state index in [-0.39, 0.29) is 22.7 Å². The van der Waals surface area contributed by atoms with Crippen LogP contribution in [0.15, 0.2) is 23.3 Å². The molecule has 0 spiro atoms. The number of fused-ring (bicyclic) bond motifs is 4. The van der Waals surface area contributed by atoms with Crippen molar-refractivity contribution in [1.29, 1.82) is 0 Å².